The van der Waals surface area contributed by atoms with E-state index in [-0.39, 0.29) is 17.7 Å². The Labute approximate surface area is 75.2 Å². The number of aliphatic hydroxyl groups excluding tert-OH is 1. The first kappa shape index (κ1) is 8.31. The molecule has 13 heavy (non-hydrogen) atoms. The van der Waals surface area contributed by atoms with Crippen LogP contribution in [0.1, 0.15) is 34.6 Å². The van der Waals surface area contributed by atoms with Crippen LogP contribution in [0.15, 0.2) is 6.07 Å². The lowest BCUT2D eigenvalue weighted by Gasteiger charge is -2.07. The van der Waals surface area contributed by atoms with Gasteiger partial charge in [0.25, 0.3) is 0 Å². The van der Waals surface area contributed by atoms with E-state index < -0.39 is 5.97 Å². The van der Waals surface area contributed by atoms with Crippen LogP contribution in [0.2, 0.25) is 0 Å². The summed E-state index contributed by atoms with van der Waals surface area (Å²) in [6.07, 6.45) is 0.185. The minimum absolute atomic E-state index is 0.0168. The molecule has 0 saturated heterocycles. The first-order valence-electron chi connectivity index (χ1n) is 4.22. The van der Waals surface area contributed by atoms with Gasteiger partial charge in [-0.2, -0.15) is 0 Å². The topological polar surface area (TPSA) is 73.3 Å². The van der Waals surface area contributed by atoms with Gasteiger partial charge in [-0.1, -0.05) is 6.92 Å². The van der Waals surface area contributed by atoms with Crippen LogP contribution in [0, 0.1) is 0 Å². The van der Waals surface area contributed by atoms with Crippen LogP contribution < -0.4 is 0 Å². The van der Waals surface area contributed by atoms with Crippen molar-refractivity contribution in [2.24, 2.45) is 0 Å². The summed E-state index contributed by atoms with van der Waals surface area (Å²) in [6, 6.07) is 1.60. The molecule has 0 spiro atoms. The van der Waals surface area contributed by atoms with E-state index in [0.717, 1.165) is 11.3 Å². The predicted molar refractivity (Wildman–Crippen MR) is 45.9 cm³/mol. The van der Waals surface area contributed by atoms with E-state index in [0.29, 0.717) is 6.42 Å². The molecule has 0 aromatic carbocycles. The van der Waals surface area contributed by atoms with Gasteiger partial charge in [0.2, 0.25) is 0 Å². The lowest BCUT2D eigenvalue weighted by Crippen LogP contribution is -2.11. The third-order valence-electron chi connectivity index (χ3n) is 2.63. The maximum absolute atomic E-state index is 10.6. The average molecular weight is 181 g/mol. The number of aromatic amines is 1. The van der Waals surface area contributed by atoms with Gasteiger partial charge in [0.1, 0.15) is 5.69 Å². The van der Waals surface area contributed by atoms with Crippen LogP contribution in [0.3, 0.4) is 0 Å². The number of H-pyrrole nitrogens is 1. The lowest BCUT2D eigenvalue weighted by atomic mass is 10.1. The van der Waals surface area contributed by atoms with Gasteiger partial charge in [0.05, 0.1) is 6.10 Å². The van der Waals surface area contributed by atoms with Crippen molar-refractivity contribution >= 4 is 5.97 Å². The van der Waals surface area contributed by atoms with Gasteiger partial charge in [-0.3, -0.25) is 0 Å². The molecular formula is C9H11NO3. The molecule has 0 amide bonds. The van der Waals surface area contributed by atoms with Crippen LogP contribution in [0.25, 0.3) is 0 Å². The van der Waals surface area contributed by atoms with Crippen molar-refractivity contribution in [2.75, 3.05) is 0 Å². The highest BCUT2D eigenvalue weighted by Gasteiger charge is 2.30. The molecule has 4 nitrogen and oxygen atoms in total. The molecular weight excluding hydrogens is 170 g/mol. The van der Waals surface area contributed by atoms with Crippen molar-refractivity contribution in [3.05, 3.63) is 23.0 Å². The summed E-state index contributed by atoms with van der Waals surface area (Å²) >= 11 is 0. The summed E-state index contributed by atoms with van der Waals surface area (Å²) in [5.74, 6) is -0.931. The van der Waals surface area contributed by atoms with E-state index >= 15 is 0 Å². The average Bonchev–Trinajstić information content (AvgIpc) is 2.55. The SMILES string of the molecule is C[C@H]1c2[nH]c(C(=O)O)cc2C[C@H]1O. The summed E-state index contributed by atoms with van der Waals surface area (Å²) in [6.45, 7) is 1.89. The minimum atomic E-state index is -0.948. The molecule has 1 aromatic heterocycles. The maximum atomic E-state index is 10.6. The Morgan fingerprint density at radius 2 is 2.38 bits per heavy atom. The third-order valence-corrected chi connectivity index (χ3v) is 2.63. The van der Waals surface area contributed by atoms with Crippen molar-refractivity contribution in [2.45, 2.75) is 25.4 Å². The standard InChI is InChI=1S/C9H11NO3/c1-4-7(11)3-5-2-6(9(12)13)10-8(4)5/h2,4,7,10-11H,3H2,1H3,(H,12,13)/t4-,7-/m1/s1. The highest BCUT2D eigenvalue weighted by atomic mass is 16.4. The molecule has 2 rings (SSSR count). The summed E-state index contributed by atoms with van der Waals surface area (Å²) in [5, 5.41) is 18.2. The molecule has 0 bridgehead atoms. The van der Waals surface area contributed by atoms with E-state index in [1.165, 1.54) is 0 Å². The van der Waals surface area contributed by atoms with Crippen LogP contribution in [-0.4, -0.2) is 27.3 Å². The second-order valence-corrected chi connectivity index (χ2v) is 3.49. The highest BCUT2D eigenvalue weighted by Crippen LogP contribution is 2.32. The summed E-state index contributed by atoms with van der Waals surface area (Å²) in [7, 11) is 0. The third kappa shape index (κ3) is 1.14. The first-order chi connectivity index (χ1) is 6.09. The Morgan fingerprint density at radius 1 is 1.69 bits per heavy atom. The van der Waals surface area contributed by atoms with Gasteiger partial charge >= 0.3 is 5.97 Å². The molecule has 1 aliphatic carbocycles. The highest BCUT2D eigenvalue weighted by molar-refractivity contribution is 5.86. The molecule has 0 saturated carbocycles. The van der Waals surface area contributed by atoms with Crippen molar-refractivity contribution in [1.29, 1.82) is 0 Å². The number of hydrogen-bond acceptors (Lipinski definition) is 2. The van der Waals surface area contributed by atoms with Gasteiger partial charge in [0.15, 0.2) is 0 Å². The van der Waals surface area contributed by atoms with Crippen molar-refractivity contribution < 1.29 is 15.0 Å². The Bertz CT molecular complexity index is 356. The minimum Gasteiger partial charge on any atom is -0.477 e. The monoisotopic (exact) mass is 181 g/mol. The number of fused-ring (bicyclic) bond motifs is 1. The van der Waals surface area contributed by atoms with Gasteiger partial charge in [-0.15, -0.1) is 0 Å². The maximum Gasteiger partial charge on any atom is 0.352 e. The van der Waals surface area contributed by atoms with Crippen LogP contribution in [0.5, 0.6) is 0 Å². The van der Waals surface area contributed by atoms with Crippen LogP contribution >= 0.6 is 0 Å². The Hall–Kier alpha value is -1.29. The van der Waals surface area contributed by atoms with E-state index in [1.54, 1.807) is 6.07 Å². The molecule has 3 N–H and O–H groups in total. The summed E-state index contributed by atoms with van der Waals surface area (Å²) in [4.78, 5) is 13.4. The summed E-state index contributed by atoms with van der Waals surface area (Å²) in [5.41, 5.74) is 2.01. The molecule has 0 unspecified atom stereocenters. The zero-order valence-corrected chi connectivity index (χ0v) is 7.24. The Balaban J connectivity index is 2.40. The van der Waals surface area contributed by atoms with Crippen molar-refractivity contribution in [1.82, 2.24) is 4.98 Å². The van der Waals surface area contributed by atoms with Gasteiger partial charge in [-0.05, 0) is 11.6 Å². The molecule has 4 heteroatoms. The molecule has 0 radical (unpaired) electrons. The fraction of sp³-hybridized carbons (Fsp3) is 0.444. The largest absolute Gasteiger partial charge is 0.477 e. The van der Waals surface area contributed by atoms with Gasteiger partial charge in [0, 0.05) is 18.0 Å². The number of aliphatic hydroxyl groups is 1. The quantitative estimate of drug-likeness (QED) is 0.598. The number of aromatic carboxylic acids is 1. The smallest absolute Gasteiger partial charge is 0.352 e. The van der Waals surface area contributed by atoms with E-state index in [9.17, 15) is 9.90 Å². The van der Waals surface area contributed by atoms with Gasteiger partial charge < -0.3 is 15.2 Å². The molecule has 1 aliphatic rings. The summed E-state index contributed by atoms with van der Waals surface area (Å²) < 4.78 is 0. The van der Waals surface area contributed by atoms with Crippen molar-refractivity contribution in [3.63, 3.8) is 0 Å². The number of carboxylic acid groups (broad SMARTS) is 1. The first-order valence-corrected chi connectivity index (χ1v) is 4.22. The fourth-order valence-electron chi connectivity index (χ4n) is 1.80. The number of hydrogen-bond donors (Lipinski definition) is 3. The van der Waals surface area contributed by atoms with Crippen molar-refractivity contribution in [3.8, 4) is 0 Å². The van der Waals surface area contributed by atoms with E-state index in [4.69, 9.17) is 5.11 Å². The number of carbonyl (C=O) groups is 1. The molecule has 0 aliphatic heterocycles. The number of aromatic nitrogens is 1. The number of nitrogens with one attached hydrogen (secondary N) is 1. The van der Waals surface area contributed by atoms with E-state index in [2.05, 4.69) is 4.98 Å². The normalized spacial score (nSPS) is 26.0. The second-order valence-electron chi connectivity index (χ2n) is 3.49. The number of rotatable bonds is 1. The lowest BCUT2D eigenvalue weighted by molar-refractivity contribution is 0.0690. The van der Waals surface area contributed by atoms with Gasteiger partial charge in [-0.25, -0.2) is 4.79 Å². The second kappa shape index (κ2) is 2.60. The Morgan fingerprint density at radius 3 is 2.92 bits per heavy atom. The molecule has 70 valence electrons. The number of carboxylic acids is 1. The molecule has 0 fully saturated rings. The molecule has 1 heterocycles. The fourth-order valence-corrected chi connectivity index (χ4v) is 1.80. The Kier molecular flexibility index (Phi) is 1.66. The molecule has 2 atom stereocenters. The zero-order chi connectivity index (χ0) is 9.59. The predicted octanol–water partition coefficient (Wildman–Crippen LogP) is 0.733. The zero-order valence-electron chi connectivity index (χ0n) is 7.24. The molecule has 1 aromatic rings. The van der Waals surface area contributed by atoms with Crippen LogP contribution in [0.4, 0.5) is 0 Å². The van der Waals surface area contributed by atoms with Crippen LogP contribution in [-0.2, 0) is 6.42 Å². The van der Waals surface area contributed by atoms with E-state index in [1.807, 2.05) is 6.92 Å².